The molecule has 0 aliphatic heterocycles. The number of aliphatic hydroxyl groups excluding tert-OH is 1. The van der Waals surface area contributed by atoms with Gasteiger partial charge in [-0.25, -0.2) is 0 Å². The van der Waals surface area contributed by atoms with Crippen LogP contribution in [0.3, 0.4) is 0 Å². The maximum Gasteiger partial charge on any atom is 0.316 e. The Hall–Kier alpha value is -1.15. The maximum absolute atomic E-state index is 10.9. The molecule has 0 rings (SSSR count). The first-order valence-corrected chi connectivity index (χ1v) is 7.03. The van der Waals surface area contributed by atoms with Gasteiger partial charge in [0.05, 0.1) is 5.97 Å². The molecule has 0 aliphatic rings. The quantitative estimate of drug-likeness (QED) is 0.447. The number of carbonyl (C=O) groups is 1. The largest absolute Gasteiger partial charge is 0.544 e. The van der Waals surface area contributed by atoms with E-state index in [9.17, 15) is 15.0 Å². The molecule has 0 aliphatic carbocycles. The third-order valence-electron chi connectivity index (χ3n) is 2.23. The molecule has 0 aromatic rings. The Bertz CT molecular complexity index is 341. The van der Waals surface area contributed by atoms with Crippen LogP contribution < -0.4 is 5.11 Å². The van der Waals surface area contributed by atoms with E-state index >= 15 is 0 Å². The summed E-state index contributed by atoms with van der Waals surface area (Å²) in [4.78, 5) is 14.7. The van der Waals surface area contributed by atoms with Crippen molar-refractivity contribution in [1.29, 1.82) is 0 Å². The van der Waals surface area contributed by atoms with Gasteiger partial charge in [0.15, 0.2) is 5.57 Å². The number of rotatable bonds is 6. The number of aliphatic carboxylic acids is 1. The molecule has 0 heterocycles. The van der Waals surface area contributed by atoms with Crippen LogP contribution in [0.1, 0.15) is 26.7 Å². The van der Waals surface area contributed by atoms with Gasteiger partial charge in [-0.15, -0.1) is 0 Å². The summed E-state index contributed by atoms with van der Waals surface area (Å²) in [5, 5.41) is 20.8. The zero-order valence-electron chi connectivity index (χ0n) is 10.5. The van der Waals surface area contributed by atoms with E-state index in [4.69, 9.17) is 0 Å². The van der Waals surface area contributed by atoms with Gasteiger partial charge in [0.1, 0.15) is 5.76 Å². The highest BCUT2D eigenvalue weighted by Crippen LogP contribution is 2.20. The molecule has 0 saturated heterocycles. The number of hydrogen-bond donors (Lipinski definition) is 1. The van der Waals surface area contributed by atoms with Crippen LogP contribution in [0.25, 0.3) is 4.85 Å². The molecule has 0 saturated carbocycles. The summed E-state index contributed by atoms with van der Waals surface area (Å²) in [7, 11) is 0. The lowest BCUT2D eigenvalue weighted by molar-refractivity contribution is -0.298. The number of aliphatic hydroxyl groups is 1. The topological polar surface area (TPSA) is 64.7 Å². The van der Waals surface area contributed by atoms with Gasteiger partial charge in [-0.1, -0.05) is 18.7 Å². The molecule has 1 unspecified atom stereocenters. The number of carboxylic acid groups (broad SMARTS) is 1. The van der Waals surface area contributed by atoms with Crippen molar-refractivity contribution in [1.82, 2.24) is 0 Å². The van der Waals surface area contributed by atoms with Gasteiger partial charge in [-0.05, 0) is 12.7 Å². The fraction of sp³-hybridized carbons (Fsp3) is 0.667. The van der Waals surface area contributed by atoms with Gasteiger partial charge in [-0.2, -0.15) is 11.8 Å². The molecule has 4 nitrogen and oxygen atoms in total. The van der Waals surface area contributed by atoms with Gasteiger partial charge in [0.25, 0.3) is 6.54 Å². The van der Waals surface area contributed by atoms with Crippen LogP contribution in [0.2, 0.25) is 0 Å². The van der Waals surface area contributed by atoms with E-state index in [0.717, 1.165) is 6.42 Å². The lowest BCUT2D eigenvalue weighted by atomic mass is 10.0. The summed E-state index contributed by atoms with van der Waals surface area (Å²) in [6, 6.07) is 2.38. The van der Waals surface area contributed by atoms with Crippen LogP contribution in [0.4, 0.5) is 0 Å². The minimum Gasteiger partial charge on any atom is -0.544 e. The SMILES string of the molecule is CCC[N+]#CC(C(=O)[O-])=C(O)C(CC)CSC. The van der Waals surface area contributed by atoms with Crippen LogP contribution in [0.15, 0.2) is 11.3 Å². The lowest BCUT2D eigenvalue weighted by Crippen LogP contribution is -2.26. The summed E-state index contributed by atoms with van der Waals surface area (Å²) in [6.45, 7) is 4.31. The van der Waals surface area contributed by atoms with E-state index in [2.05, 4.69) is 10.9 Å². The predicted octanol–water partition coefficient (Wildman–Crippen LogP) is 1.68. The third kappa shape index (κ3) is 5.64. The van der Waals surface area contributed by atoms with Crippen molar-refractivity contribution in [2.75, 3.05) is 18.6 Å². The summed E-state index contributed by atoms with van der Waals surface area (Å²) in [6.07, 6.45) is 3.37. The fourth-order valence-electron chi connectivity index (χ4n) is 1.25. The first-order chi connectivity index (χ1) is 8.08. The number of hydrogen-bond acceptors (Lipinski definition) is 4. The van der Waals surface area contributed by atoms with E-state index in [-0.39, 0.29) is 17.3 Å². The normalized spacial score (nSPS) is 13.4. The molecule has 0 spiro atoms. The first kappa shape index (κ1) is 15.9. The molecule has 0 amide bonds. The van der Waals surface area contributed by atoms with Crippen molar-refractivity contribution in [3.8, 4) is 6.07 Å². The highest BCUT2D eigenvalue weighted by Gasteiger charge is 2.18. The summed E-state index contributed by atoms with van der Waals surface area (Å²) in [5.74, 6) is -1.14. The zero-order chi connectivity index (χ0) is 13.3. The molecular formula is C12H19NO3S. The zero-order valence-corrected chi connectivity index (χ0v) is 11.3. The van der Waals surface area contributed by atoms with Crippen LogP contribution in [-0.4, -0.2) is 29.6 Å². The Morgan fingerprint density at radius 3 is 2.59 bits per heavy atom. The molecule has 5 heteroatoms. The van der Waals surface area contributed by atoms with Crippen molar-refractivity contribution in [3.63, 3.8) is 0 Å². The second-order valence-corrected chi connectivity index (χ2v) is 4.51. The van der Waals surface area contributed by atoms with Crippen LogP contribution >= 0.6 is 11.8 Å². The fourth-order valence-corrected chi connectivity index (χ4v) is 2.05. The highest BCUT2D eigenvalue weighted by atomic mass is 32.2. The molecule has 0 radical (unpaired) electrons. The number of allylic oxidation sites excluding steroid dienone is 1. The minimum absolute atomic E-state index is 0.179. The average molecular weight is 257 g/mol. The van der Waals surface area contributed by atoms with Crippen molar-refractivity contribution >= 4 is 17.7 Å². The monoisotopic (exact) mass is 257 g/mol. The third-order valence-corrected chi connectivity index (χ3v) is 2.97. The van der Waals surface area contributed by atoms with Crippen LogP contribution in [-0.2, 0) is 4.79 Å². The molecule has 0 aromatic carbocycles. The Morgan fingerprint density at radius 1 is 1.53 bits per heavy atom. The molecule has 1 N–H and O–H groups in total. The Morgan fingerprint density at radius 2 is 2.18 bits per heavy atom. The number of carboxylic acids is 1. The first-order valence-electron chi connectivity index (χ1n) is 5.64. The molecule has 0 aromatic heterocycles. The molecule has 17 heavy (non-hydrogen) atoms. The standard InChI is InChI=1S/C12H19NO3S/c1-4-6-13-7-10(12(15)16)11(14)9(5-2)8-17-3/h9H,4-6,8H2,1-3H3,(H,15,16). The second kappa shape index (κ2) is 8.94. The van der Waals surface area contributed by atoms with Gasteiger partial charge >= 0.3 is 6.07 Å². The molecule has 96 valence electrons. The molecular weight excluding hydrogens is 238 g/mol. The summed E-state index contributed by atoms with van der Waals surface area (Å²) < 4.78 is 0. The Kier molecular flexibility index (Phi) is 8.34. The van der Waals surface area contributed by atoms with Crippen molar-refractivity contribution in [3.05, 3.63) is 16.2 Å². The Balaban J connectivity index is 5.10. The van der Waals surface area contributed by atoms with Crippen LogP contribution in [0, 0.1) is 12.0 Å². The van der Waals surface area contributed by atoms with Crippen LogP contribution in [0.5, 0.6) is 0 Å². The smallest absolute Gasteiger partial charge is 0.316 e. The Labute approximate surface area is 107 Å². The highest BCUT2D eigenvalue weighted by molar-refractivity contribution is 7.98. The van der Waals surface area contributed by atoms with E-state index in [1.165, 1.54) is 0 Å². The summed E-state index contributed by atoms with van der Waals surface area (Å²) >= 11 is 1.55. The molecule has 1 atom stereocenters. The van der Waals surface area contributed by atoms with Crippen molar-refractivity contribution in [2.24, 2.45) is 5.92 Å². The number of thioether (sulfide) groups is 1. The van der Waals surface area contributed by atoms with E-state index in [1.54, 1.807) is 11.8 Å². The second-order valence-electron chi connectivity index (χ2n) is 3.60. The van der Waals surface area contributed by atoms with Gasteiger partial charge in [-0.3, -0.25) is 0 Å². The minimum atomic E-state index is -1.43. The van der Waals surface area contributed by atoms with Gasteiger partial charge in [0.2, 0.25) is 0 Å². The molecule has 0 bridgehead atoms. The number of carbonyl (C=O) groups excluding carboxylic acids is 1. The average Bonchev–Trinajstić information content (AvgIpc) is 2.30. The van der Waals surface area contributed by atoms with Crippen molar-refractivity contribution in [2.45, 2.75) is 26.7 Å². The van der Waals surface area contributed by atoms with E-state index in [0.29, 0.717) is 18.7 Å². The van der Waals surface area contributed by atoms with Crippen molar-refractivity contribution < 1.29 is 15.0 Å². The summed E-state index contributed by atoms with van der Waals surface area (Å²) in [5.41, 5.74) is -0.320. The van der Waals surface area contributed by atoms with E-state index in [1.807, 2.05) is 20.1 Å². The van der Waals surface area contributed by atoms with Gasteiger partial charge in [0, 0.05) is 18.1 Å². The molecule has 0 fully saturated rings. The number of nitrogens with zero attached hydrogens (tertiary/aromatic N) is 1. The lowest BCUT2D eigenvalue weighted by Gasteiger charge is -2.13. The van der Waals surface area contributed by atoms with E-state index < -0.39 is 5.97 Å². The maximum atomic E-state index is 10.9. The predicted molar refractivity (Wildman–Crippen MR) is 69.2 cm³/mol. The van der Waals surface area contributed by atoms with Gasteiger partial charge < -0.3 is 15.0 Å².